The van der Waals surface area contributed by atoms with Crippen molar-refractivity contribution in [2.75, 3.05) is 13.2 Å². The molecule has 0 heterocycles. The third-order valence-corrected chi connectivity index (χ3v) is 1.60. The molecule has 0 radical (unpaired) electrons. The van der Waals surface area contributed by atoms with Gasteiger partial charge in [-0.3, -0.25) is 9.11 Å². The van der Waals surface area contributed by atoms with E-state index in [-0.39, 0.29) is 25.5 Å². The van der Waals surface area contributed by atoms with E-state index in [1.807, 2.05) is 0 Å². The maximum Gasteiger partial charge on any atom is 0.397 e. The van der Waals surface area contributed by atoms with Crippen molar-refractivity contribution in [1.29, 1.82) is 0 Å². The molecule has 104 valence electrons. The molecule has 0 atom stereocenters. The van der Waals surface area contributed by atoms with Crippen LogP contribution in [0.5, 0.6) is 0 Å². The van der Waals surface area contributed by atoms with Crippen LogP contribution >= 0.6 is 0 Å². The van der Waals surface area contributed by atoms with Crippen LogP contribution in [0.1, 0.15) is 13.8 Å². The van der Waals surface area contributed by atoms with Gasteiger partial charge < -0.3 is 12.3 Å². The van der Waals surface area contributed by atoms with Crippen LogP contribution in [0, 0.1) is 0 Å². The molecule has 8 N–H and O–H groups in total. The first-order chi connectivity index (χ1) is 6.12. The standard InChI is InChI=1S/2C2H6O4S.2H3N/c2*1-2-6-7(3,4)5;;/h2*2H2,1H3,(H,3,4,5);2*1H3. The van der Waals surface area contributed by atoms with Crippen LogP contribution in [0.15, 0.2) is 0 Å². The zero-order chi connectivity index (χ0) is 11.8. The third kappa shape index (κ3) is 37.3. The SMILES string of the molecule is CCOS(=O)(=O)O.CCOS(=O)(=O)O.N.N. The van der Waals surface area contributed by atoms with Crippen molar-refractivity contribution >= 4 is 20.8 Å². The summed E-state index contributed by atoms with van der Waals surface area (Å²) in [5, 5.41) is 0. The number of hydrogen-bond acceptors (Lipinski definition) is 8. The second-order valence-corrected chi connectivity index (χ2v) is 3.85. The number of rotatable bonds is 4. The normalized spacial score (nSPS) is 10.2. The highest BCUT2D eigenvalue weighted by molar-refractivity contribution is 7.81. The molecule has 0 saturated heterocycles. The molecule has 0 aromatic rings. The molecule has 16 heavy (non-hydrogen) atoms. The zero-order valence-corrected chi connectivity index (χ0v) is 10.6. The van der Waals surface area contributed by atoms with Gasteiger partial charge >= 0.3 is 20.8 Å². The van der Waals surface area contributed by atoms with Gasteiger partial charge in [0.15, 0.2) is 0 Å². The van der Waals surface area contributed by atoms with Gasteiger partial charge in [0, 0.05) is 0 Å². The van der Waals surface area contributed by atoms with E-state index < -0.39 is 20.8 Å². The fourth-order valence-corrected chi connectivity index (χ4v) is 0.894. The van der Waals surface area contributed by atoms with Gasteiger partial charge in [-0.2, -0.15) is 16.8 Å². The average molecular weight is 286 g/mol. The molecular weight excluding hydrogens is 268 g/mol. The van der Waals surface area contributed by atoms with Crippen molar-refractivity contribution in [2.24, 2.45) is 0 Å². The summed E-state index contributed by atoms with van der Waals surface area (Å²) >= 11 is 0. The summed E-state index contributed by atoms with van der Waals surface area (Å²) in [6.07, 6.45) is 0. The second kappa shape index (κ2) is 11.2. The Morgan fingerprint density at radius 1 is 0.812 bits per heavy atom. The van der Waals surface area contributed by atoms with Crippen molar-refractivity contribution in [1.82, 2.24) is 12.3 Å². The highest BCUT2D eigenvalue weighted by atomic mass is 32.3. The van der Waals surface area contributed by atoms with E-state index in [1.54, 1.807) is 0 Å². The Balaban J connectivity index is -0.0000000800. The summed E-state index contributed by atoms with van der Waals surface area (Å²) in [5.41, 5.74) is 0. The topological polar surface area (TPSA) is 197 Å². The predicted octanol–water partition coefficient (Wildman–Crippen LogP) is -0.0246. The van der Waals surface area contributed by atoms with Gasteiger partial charge in [0.05, 0.1) is 13.2 Å². The van der Waals surface area contributed by atoms with E-state index in [9.17, 15) is 16.8 Å². The van der Waals surface area contributed by atoms with E-state index in [4.69, 9.17) is 9.11 Å². The Morgan fingerprint density at radius 3 is 1.00 bits per heavy atom. The van der Waals surface area contributed by atoms with Crippen molar-refractivity contribution in [3.8, 4) is 0 Å². The molecule has 0 amide bonds. The zero-order valence-electron chi connectivity index (χ0n) is 8.99. The highest BCUT2D eigenvalue weighted by Crippen LogP contribution is 1.81. The van der Waals surface area contributed by atoms with Crippen LogP contribution in [0.4, 0.5) is 0 Å². The van der Waals surface area contributed by atoms with E-state index in [2.05, 4.69) is 8.37 Å². The molecule has 0 bridgehead atoms. The fraction of sp³-hybridized carbons (Fsp3) is 1.00. The minimum Gasteiger partial charge on any atom is -0.344 e. The lowest BCUT2D eigenvalue weighted by Crippen LogP contribution is -2.01. The fourth-order valence-electron chi connectivity index (χ4n) is 0.298. The lowest BCUT2D eigenvalue weighted by Gasteiger charge is -1.88. The third-order valence-electron chi connectivity index (χ3n) is 0.534. The largest absolute Gasteiger partial charge is 0.397 e. The lowest BCUT2D eigenvalue weighted by atomic mass is 10.9. The van der Waals surface area contributed by atoms with Gasteiger partial charge in [-0.15, -0.1) is 0 Å². The van der Waals surface area contributed by atoms with Gasteiger partial charge in [-0.05, 0) is 13.8 Å². The maximum atomic E-state index is 9.56. The van der Waals surface area contributed by atoms with Crippen molar-refractivity contribution in [3.05, 3.63) is 0 Å². The van der Waals surface area contributed by atoms with Crippen molar-refractivity contribution < 1.29 is 34.3 Å². The van der Waals surface area contributed by atoms with Crippen molar-refractivity contribution in [3.63, 3.8) is 0 Å². The van der Waals surface area contributed by atoms with E-state index in [1.165, 1.54) is 13.8 Å². The highest BCUT2D eigenvalue weighted by Gasteiger charge is 1.98. The van der Waals surface area contributed by atoms with Crippen LogP contribution in [-0.4, -0.2) is 39.2 Å². The Labute approximate surface area is 95.0 Å². The molecule has 0 aromatic carbocycles. The van der Waals surface area contributed by atoms with Gasteiger partial charge in [-0.1, -0.05) is 0 Å². The van der Waals surface area contributed by atoms with E-state index in [0.29, 0.717) is 0 Å². The molecule has 0 unspecified atom stereocenters. The molecule has 0 aliphatic heterocycles. The van der Waals surface area contributed by atoms with Gasteiger partial charge in [0.2, 0.25) is 0 Å². The first kappa shape index (κ1) is 24.8. The first-order valence-corrected chi connectivity index (χ1v) is 6.09. The van der Waals surface area contributed by atoms with Crippen LogP contribution in [-0.2, 0) is 29.2 Å². The smallest absolute Gasteiger partial charge is 0.344 e. The van der Waals surface area contributed by atoms with Crippen molar-refractivity contribution in [2.45, 2.75) is 13.8 Å². The molecule has 0 rings (SSSR count). The van der Waals surface area contributed by atoms with Gasteiger partial charge in [0.1, 0.15) is 0 Å². The molecular formula is C4H18N2O8S2. The van der Waals surface area contributed by atoms with E-state index >= 15 is 0 Å². The van der Waals surface area contributed by atoms with E-state index in [0.717, 1.165) is 0 Å². The second-order valence-electron chi connectivity index (χ2n) is 1.67. The Hall–Kier alpha value is -0.340. The van der Waals surface area contributed by atoms with Crippen LogP contribution in [0.25, 0.3) is 0 Å². The maximum absolute atomic E-state index is 9.56. The Kier molecular flexibility index (Phi) is 17.3. The summed E-state index contributed by atoms with van der Waals surface area (Å²) in [5.74, 6) is 0. The first-order valence-electron chi connectivity index (χ1n) is 3.36. The Morgan fingerprint density at radius 2 is 1.00 bits per heavy atom. The summed E-state index contributed by atoms with van der Waals surface area (Å²) in [6, 6.07) is 0. The van der Waals surface area contributed by atoms with Gasteiger partial charge in [-0.25, -0.2) is 8.37 Å². The molecule has 0 spiro atoms. The summed E-state index contributed by atoms with van der Waals surface area (Å²) in [7, 11) is -8.35. The van der Waals surface area contributed by atoms with Crippen LogP contribution in [0.2, 0.25) is 0 Å². The molecule has 0 fully saturated rings. The molecule has 0 aliphatic carbocycles. The summed E-state index contributed by atoms with van der Waals surface area (Å²) in [6.45, 7) is 2.87. The Bertz CT molecular complexity index is 288. The lowest BCUT2D eigenvalue weighted by molar-refractivity contribution is 0.281. The minimum absolute atomic E-state index is 0. The quantitative estimate of drug-likeness (QED) is 0.509. The average Bonchev–Trinajstić information content (AvgIpc) is 1.81. The monoisotopic (exact) mass is 286 g/mol. The molecule has 0 aliphatic rings. The molecule has 0 aromatic heterocycles. The predicted molar refractivity (Wildman–Crippen MR) is 56.4 cm³/mol. The van der Waals surface area contributed by atoms with Crippen LogP contribution < -0.4 is 12.3 Å². The molecule has 10 nitrogen and oxygen atoms in total. The summed E-state index contributed by atoms with van der Waals surface area (Å²) in [4.78, 5) is 0. The van der Waals surface area contributed by atoms with Crippen LogP contribution in [0.3, 0.4) is 0 Å². The minimum atomic E-state index is -4.17. The van der Waals surface area contributed by atoms with Gasteiger partial charge in [0.25, 0.3) is 0 Å². The number of hydrogen-bond donors (Lipinski definition) is 4. The summed E-state index contributed by atoms with van der Waals surface area (Å²) < 4.78 is 61.3. The molecule has 12 heteroatoms. The molecule has 0 saturated carbocycles.